The molecule has 4 heteroatoms. The van der Waals surface area contributed by atoms with Gasteiger partial charge >= 0.3 is 0 Å². The first-order chi connectivity index (χ1) is 31.0. The molecule has 0 fully saturated rings. The summed E-state index contributed by atoms with van der Waals surface area (Å²) < 4.78 is 5.09. The van der Waals surface area contributed by atoms with E-state index in [1.807, 2.05) is 23.1 Å². The molecule has 10 aromatic rings. The summed E-state index contributed by atoms with van der Waals surface area (Å²) in [5.74, 6) is 2.23. The third-order valence-electron chi connectivity index (χ3n) is 13.4. The van der Waals surface area contributed by atoms with E-state index in [1.54, 1.807) is 0 Å². The zero-order chi connectivity index (χ0) is 42.1. The van der Waals surface area contributed by atoms with Crippen molar-refractivity contribution in [2.45, 2.75) is 43.4 Å². The van der Waals surface area contributed by atoms with Gasteiger partial charge in [-0.3, -0.25) is 9.47 Å². The highest BCUT2D eigenvalue weighted by Crippen LogP contribution is 2.56. The molecular weight excluding hydrogens is 801 g/mol. The Balaban J connectivity index is 1.13. The third-order valence-corrected chi connectivity index (χ3v) is 15.8. The molecular formula is C59H46N2S2. The molecule has 304 valence electrons. The first kappa shape index (κ1) is 38.1. The number of hydrogen-bond donors (Lipinski definition) is 0. The van der Waals surface area contributed by atoms with Gasteiger partial charge in [-0.05, 0) is 136 Å². The van der Waals surface area contributed by atoms with Gasteiger partial charge in [0.1, 0.15) is 5.82 Å². The summed E-state index contributed by atoms with van der Waals surface area (Å²) >= 11 is 3.92. The second kappa shape index (κ2) is 15.3. The highest BCUT2D eigenvalue weighted by atomic mass is 32.2. The number of para-hydroxylation sites is 1. The lowest BCUT2D eigenvalue weighted by molar-refractivity contribution is 0.660. The lowest BCUT2D eigenvalue weighted by atomic mass is 9.81. The van der Waals surface area contributed by atoms with Crippen LogP contribution in [0.3, 0.4) is 0 Å². The van der Waals surface area contributed by atoms with Crippen molar-refractivity contribution in [3.8, 4) is 50.3 Å². The third kappa shape index (κ3) is 6.38. The summed E-state index contributed by atoms with van der Waals surface area (Å²) in [6.07, 6.45) is 3.60. The fourth-order valence-corrected chi connectivity index (χ4v) is 12.7. The van der Waals surface area contributed by atoms with E-state index < -0.39 is 0 Å². The Hall–Kier alpha value is -6.59. The molecule has 0 saturated heterocycles. The number of nitrogens with zero attached hydrogens (tertiary/aromatic N) is 2. The molecule has 2 aromatic heterocycles. The van der Waals surface area contributed by atoms with Crippen molar-refractivity contribution in [1.82, 2.24) is 4.57 Å². The smallest absolute Gasteiger partial charge is 0.122 e. The van der Waals surface area contributed by atoms with Gasteiger partial charge < -0.3 is 0 Å². The van der Waals surface area contributed by atoms with E-state index >= 15 is 0 Å². The predicted octanol–water partition coefficient (Wildman–Crippen LogP) is 17.1. The highest BCUT2D eigenvalue weighted by molar-refractivity contribution is 7.99. The number of aryl methyl sites for hydroxylation is 1. The number of hydrogen-bond acceptors (Lipinski definition) is 3. The molecule has 0 amide bonds. The maximum absolute atomic E-state index is 2.51. The van der Waals surface area contributed by atoms with E-state index in [0.29, 0.717) is 0 Å². The van der Waals surface area contributed by atoms with Crippen LogP contribution >= 0.6 is 23.1 Å². The van der Waals surface area contributed by atoms with E-state index in [-0.39, 0.29) is 5.41 Å². The topological polar surface area (TPSA) is 8.17 Å². The van der Waals surface area contributed by atoms with Crippen molar-refractivity contribution in [3.05, 3.63) is 211 Å². The SMILES string of the molecule is CC1(C)c2ccccc2-c2c(-c3cccc4c3SCCCC4)cc(N(c3ccc(-c4ccccc4)cc3)c3ccc(-c4ccc5c(c4)sc4ccccc45)n3-c3ccccc3)cc21. The minimum Gasteiger partial charge on any atom is -0.296 e. The second-order valence-electron chi connectivity index (χ2n) is 17.5. The number of thioether (sulfide) groups is 1. The Bertz CT molecular complexity index is 3340. The largest absolute Gasteiger partial charge is 0.296 e. The van der Waals surface area contributed by atoms with Gasteiger partial charge in [-0.2, -0.15) is 0 Å². The summed E-state index contributed by atoms with van der Waals surface area (Å²) in [5, 5.41) is 2.63. The first-order valence-corrected chi connectivity index (χ1v) is 24.0. The van der Waals surface area contributed by atoms with Crippen LogP contribution < -0.4 is 4.90 Å². The number of thiophene rings is 1. The Morgan fingerprint density at radius 1 is 0.508 bits per heavy atom. The summed E-state index contributed by atoms with van der Waals surface area (Å²) in [6.45, 7) is 4.83. The van der Waals surface area contributed by atoms with E-state index in [2.05, 4.69) is 217 Å². The number of benzene rings is 8. The molecule has 2 nitrogen and oxygen atoms in total. The van der Waals surface area contributed by atoms with Crippen molar-refractivity contribution in [3.63, 3.8) is 0 Å². The van der Waals surface area contributed by atoms with Gasteiger partial charge in [0.2, 0.25) is 0 Å². The van der Waals surface area contributed by atoms with Crippen LogP contribution in [0.25, 0.3) is 70.5 Å². The van der Waals surface area contributed by atoms with Gasteiger partial charge in [-0.25, -0.2) is 0 Å². The molecule has 63 heavy (non-hydrogen) atoms. The lowest BCUT2D eigenvalue weighted by Gasteiger charge is -2.31. The zero-order valence-corrected chi connectivity index (χ0v) is 37.1. The quantitative estimate of drug-likeness (QED) is 0.158. The van der Waals surface area contributed by atoms with Gasteiger partial charge in [-0.1, -0.05) is 147 Å². The van der Waals surface area contributed by atoms with Crippen LogP contribution in [0, 0.1) is 0 Å². The van der Waals surface area contributed by atoms with Crippen LogP contribution in [-0.2, 0) is 11.8 Å². The minimum atomic E-state index is -0.204. The summed E-state index contributed by atoms with van der Waals surface area (Å²) in [5.41, 5.74) is 17.5. The zero-order valence-electron chi connectivity index (χ0n) is 35.5. The van der Waals surface area contributed by atoms with E-state index in [4.69, 9.17) is 0 Å². The molecule has 3 heterocycles. The number of anilines is 3. The van der Waals surface area contributed by atoms with Crippen molar-refractivity contribution >= 4 is 60.5 Å². The molecule has 0 radical (unpaired) electrons. The summed E-state index contributed by atoms with van der Waals surface area (Å²) in [7, 11) is 0. The van der Waals surface area contributed by atoms with Crippen LogP contribution in [0.2, 0.25) is 0 Å². The van der Waals surface area contributed by atoms with Gasteiger partial charge in [0, 0.05) is 53.1 Å². The predicted molar refractivity (Wildman–Crippen MR) is 271 cm³/mol. The van der Waals surface area contributed by atoms with Crippen molar-refractivity contribution in [2.24, 2.45) is 0 Å². The molecule has 8 aromatic carbocycles. The van der Waals surface area contributed by atoms with Crippen LogP contribution in [0.5, 0.6) is 0 Å². The Labute approximate surface area is 378 Å². The molecule has 0 bridgehead atoms. The van der Waals surface area contributed by atoms with Crippen LogP contribution in [0.4, 0.5) is 17.2 Å². The molecule has 1 aliphatic carbocycles. The Morgan fingerprint density at radius 2 is 1.22 bits per heavy atom. The molecule has 12 rings (SSSR count). The van der Waals surface area contributed by atoms with E-state index in [1.165, 1.54) is 93.5 Å². The van der Waals surface area contributed by atoms with Crippen molar-refractivity contribution < 1.29 is 0 Å². The summed E-state index contributed by atoms with van der Waals surface area (Å²) in [4.78, 5) is 3.96. The molecule has 0 saturated carbocycles. The van der Waals surface area contributed by atoms with E-state index in [0.717, 1.165) is 40.7 Å². The van der Waals surface area contributed by atoms with Gasteiger partial charge in [0.15, 0.2) is 0 Å². The lowest BCUT2D eigenvalue weighted by Crippen LogP contribution is -2.18. The molecule has 0 spiro atoms. The van der Waals surface area contributed by atoms with Crippen molar-refractivity contribution in [1.29, 1.82) is 0 Å². The minimum absolute atomic E-state index is 0.204. The average Bonchev–Trinajstić information content (AvgIpc) is 3.92. The number of fused-ring (bicyclic) bond motifs is 7. The maximum Gasteiger partial charge on any atom is 0.122 e. The first-order valence-electron chi connectivity index (χ1n) is 22.2. The van der Waals surface area contributed by atoms with Crippen LogP contribution in [0.1, 0.15) is 43.4 Å². The fraction of sp³-hybridized carbons (Fsp3) is 0.119. The van der Waals surface area contributed by atoms with Gasteiger partial charge in [0.05, 0.1) is 5.69 Å². The van der Waals surface area contributed by atoms with Crippen LogP contribution in [0.15, 0.2) is 199 Å². The second-order valence-corrected chi connectivity index (χ2v) is 19.7. The van der Waals surface area contributed by atoms with E-state index in [9.17, 15) is 0 Å². The van der Waals surface area contributed by atoms with Gasteiger partial charge in [-0.15, -0.1) is 23.1 Å². The van der Waals surface area contributed by atoms with Crippen LogP contribution in [-0.4, -0.2) is 10.3 Å². The highest BCUT2D eigenvalue weighted by Gasteiger charge is 2.38. The number of rotatable bonds is 7. The normalized spacial score (nSPS) is 14.0. The molecule has 1 aliphatic heterocycles. The maximum atomic E-state index is 2.51. The molecule has 0 unspecified atom stereocenters. The van der Waals surface area contributed by atoms with Crippen molar-refractivity contribution in [2.75, 3.05) is 10.7 Å². The number of aromatic nitrogens is 1. The Kier molecular flexibility index (Phi) is 9.28. The molecule has 0 atom stereocenters. The van der Waals surface area contributed by atoms with Gasteiger partial charge in [0.25, 0.3) is 0 Å². The fourth-order valence-electron chi connectivity index (χ4n) is 10.3. The Morgan fingerprint density at radius 3 is 2.08 bits per heavy atom. The average molecular weight is 847 g/mol. The summed E-state index contributed by atoms with van der Waals surface area (Å²) in [6, 6.07) is 72.4. The molecule has 2 aliphatic rings. The standard InChI is InChI=1S/C59H46N2S2/c1-59(2)51-25-11-9-23-49(51)57-50(48-24-15-19-41-18-13-14-35-62-58(41)48)37-45(38-52(57)59)60(44-30-27-40(28-31-44)39-16-5-3-6-17-39)56-34-33-53(61(56)43-20-7-4-8-21-43)42-29-32-47-46-22-10-12-26-54(46)63-55(47)36-42/h3-12,15-17,19-34,36-38H,13-14,18,35H2,1-2H3. The molecule has 0 N–H and O–H groups in total. The monoisotopic (exact) mass is 846 g/mol.